The summed E-state index contributed by atoms with van der Waals surface area (Å²) < 4.78 is 39.5. The molecule has 8 heteroatoms. The number of hydrogen-bond acceptors (Lipinski definition) is 3. The Bertz CT molecular complexity index is 840. The Labute approximate surface area is 138 Å². The van der Waals surface area contributed by atoms with Gasteiger partial charge in [0.05, 0.1) is 22.2 Å². The molecule has 0 aliphatic heterocycles. The Morgan fingerprint density at radius 1 is 1.22 bits per heavy atom. The van der Waals surface area contributed by atoms with E-state index in [1.807, 2.05) is 0 Å². The maximum absolute atomic E-state index is 13.0. The van der Waals surface area contributed by atoms with Crippen LogP contribution < -0.4 is 10.0 Å². The van der Waals surface area contributed by atoms with Gasteiger partial charge in [0.15, 0.2) is 0 Å². The molecule has 2 N–H and O–H groups in total. The van der Waals surface area contributed by atoms with Crippen molar-refractivity contribution in [3.63, 3.8) is 0 Å². The summed E-state index contributed by atoms with van der Waals surface area (Å²) in [6.45, 7) is 1.01. The van der Waals surface area contributed by atoms with Crippen LogP contribution in [0.1, 0.15) is 5.56 Å². The number of nitrogens with one attached hydrogen (secondary N) is 2. The van der Waals surface area contributed by atoms with Gasteiger partial charge in [-0.1, -0.05) is 23.7 Å². The zero-order chi connectivity index (χ0) is 17.0. The van der Waals surface area contributed by atoms with Crippen molar-refractivity contribution in [2.75, 3.05) is 11.9 Å². The summed E-state index contributed by atoms with van der Waals surface area (Å²) in [6, 6.07) is 9.90. The number of benzene rings is 2. The van der Waals surface area contributed by atoms with Gasteiger partial charge in [0.25, 0.3) is 0 Å². The van der Waals surface area contributed by atoms with Crippen LogP contribution in [-0.4, -0.2) is 20.9 Å². The SMILES string of the molecule is Cc1cc(F)ccc1S(=O)(=O)NCC(=O)Nc1ccccc1Cl. The molecule has 0 aliphatic carbocycles. The Hall–Kier alpha value is -1.96. The lowest BCUT2D eigenvalue weighted by atomic mass is 10.2. The smallest absolute Gasteiger partial charge is 0.241 e. The molecule has 0 bridgehead atoms. The Kier molecular flexibility index (Phi) is 5.35. The second-order valence-electron chi connectivity index (χ2n) is 4.76. The number of anilines is 1. The zero-order valence-electron chi connectivity index (χ0n) is 12.1. The quantitative estimate of drug-likeness (QED) is 0.864. The molecule has 2 aromatic carbocycles. The third-order valence-electron chi connectivity index (χ3n) is 3.00. The van der Waals surface area contributed by atoms with Crippen LogP contribution in [0.5, 0.6) is 0 Å². The van der Waals surface area contributed by atoms with Gasteiger partial charge in [0.2, 0.25) is 15.9 Å². The van der Waals surface area contributed by atoms with Gasteiger partial charge in [0.1, 0.15) is 5.82 Å². The van der Waals surface area contributed by atoms with Gasteiger partial charge < -0.3 is 5.32 Å². The average molecular weight is 357 g/mol. The topological polar surface area (TPSA) is 75.3 Å². The number of carbonyl (C=O) groups excluding carboxylic acids is 1. The fourth-order valence-corrected chi connectivity index (χ4v) is 3.30. The second kappa shape index (κ2) is 7.08. The Morgan fingerprint density at radius 2 is 1.91 bits per heavy atom. The van der Waals surface area contributed by atoms with Crippen molar-refractivity contribution in [3.8, 4) is 0 Å². The van der Waals surface area contributed by atoms with E-state index in [0.717, 1.165) is 18.2 Å². The van der Waals surface area contributed by atoms with E-state index in [1.54, 1.807) is 24.3 Å². The summed E-state index contributed by atoms with van der Waals surface area (Å²) in [5, 5.41) is 2.85. The fourth-order valence-electron chi connectivity index (χ4n) is 1.91. The highest BCUT2D eigenvalue weighted by Gasteiger charge is 2.18. The minimum Gasteiger partial charge on any atom is -0.324 e. The molecule has 1 amide bonds. The van der Waals surface area contributed by atoms with E-state index < -0.39 is 28.3 Å². The van der Waals surface area contributed by atoms with E-state index >= 15 is 0 Å². The molecule has 0 atom stereocenters. The third-order valence-corrected chi connectivity index (χ3v) is 4.89. The van der Waals surface area contributed by atoms with E-state index in [4.69, 9.17) is 11.6 Å². The molecule has 0 unspecified atom stereocenters. The van der Waals surface area contributed by atoms with Crippen molar-refractivity contribution in [1.82, 2.24) is 4.72 Å². The largest absolute Gasteiger partial charge is 0.324 e. The van der Waals surface area contributed by atoms with E-state index in [0.29, 0.717) is 10.7 Å². The number of halogens is 2. The van der Waals surface area contributed by atoms with E-state index in [1.165, 1.54) is 6.92 Å². The molecule has 2 rings (SSSR count). The van der Waals surface area contributed by atoms with Gasteiger partial charge in [-0.25, -0.2) is 17.5 Å². The molecule has 122 valence electrons. The van der Waals surface area contributed by atoms with Crippen LogP contribution in [0.15, 0.2) is 47.4 Å². The highest BCUT2D eigenvalue weighted by atomic mass is 35.5. The molecule has 0 saturated heterocycles. The third kappa shape index (κ3) is 4.51. The number of aryl methyl sites for hydroxylation is 1. The lowest BCUT2D eigenvalue weighted by molar-refractivity contribution is -0.115. The summed E-state index contributed by atoms with van der Waals surface area (Å²) in [5.74, 6) is -1.10. The monoisotopic (exact) mass is 356 g/mol. The van der Waals surface area contributed by atoms with Crippen LogP contribution in [-0.2, 0) is 14.8 Å². The second-order valence-corrected chi connectivity index (χ2v) is 6.90. The molecule has 5 nitrogen and oxygen atoms in total. The Balaban J connectivity index is 2.04. The van der Waals surface area contributed by atoms with Crippen molar-refractivity contribution < 1.29 is 17.6 Å². The molecule has 23 heavy (non-hydrogen) atoms. The van der Waals surface area contributed by atoms with Gasteiger partial charge in [-0.15, -0.1) is 0 Å². The van der Waals surface area contributed by atoms with Crippen LogP contribution in [0.4, 0.5) is 10.1 Å². The van der Waals surface area contributed by atoms with E-state index in [2.05, 4.69) is 10.0 Å². The highest BCUT2D eigenvalue weighted by molar-refractivity contribution is 7.89. The first-order valence-corrected chi connectivity index (χ1v) is 8.46. The Morgan fingerprint density at radius 3 is 2.57 bits per heavy atom. The maximum Gasteiger partial charge on any atom is 0.241 e. The van der Waals surface area contributed by atoms with Crippen LogP contribution in [0.3, 0.4) is 0 Å². The lowest BCUT2D eigenvalue weighted by Crippen LogP contribution is -2.33. The lowest BCUT2D eigenvalue weighted by Gasteiger charge is -2.10. The van der Waals surface area contributed by atoms with Crippen LogP contribution in [0.2, 0.25) is 5.02 Å². The van der Waals surface area contributed by atoms with Crippen LogP contribution in [0, 0.1) is 12.7 Å². The highest BCUT2D eigenvalue weighted by Crippen LogP contribution is 2.20. The predicted octanol–water partition coefficient (Wildman–Crippen LogP) is 2.70. The maximum atomic E-state index is 13.0. The van der Waals surface area contributed by atoms with E-state index in [-0.39, 0.29) is 10.5 Å². The van der Waals surface area contributed by atoms with Gasteiger partial charge in [-0.2, -0.15) is 0 Å². The first-order valence-electron chi connectivity index (χ1n) is 6.60. The van der Waals surface area contributed by atoms with Crippen LogP contribution in [0.25, 0.3) is 0 Å². The van der Waals surface area contributed by atoms with Crippen molar-refractivity contribution in [3.05, 3.63) is 58.9 Å². The minimum atomic E-state index is -3.92. The summed E-state index contributed by atoms with van der Waals surface area (Å²) in [7, 11) is -3.92. The first-order chi connectivity index (χ1) is 10.8. The van der Waals surface area contributed by atoms with E-state index in [9.17, 15) is 17.6 Å². The van der Waals surface area contributed by atoms with Crippen molar-refractivity contribution >= 4 is 33.2 Å². The van der Waals surface area contributed by atoms with Gasteiger partial charge >= 0.3 is 0 Å². The predicted molar refractivity (Wildman–Crippen MR) is 86.4 cm³/mol. The number of rotatable bonds is 5. The molecular formula is C15H14ClFN2O3S. The molecule has 0 spiro atoms. The van der Waals surface area contributed by atoms with Gasteiger partial charge in [0, 0.05) is 0 Å². The molecule has 0 aromatic heterocycles. The molecular weight excluding hydrogens is 343 g/mol. The van der Waals surface area contributed by atoms with Crippen LogP contribution >= 0.6 is 11.6 Å². The molecule has 2 aromatic rings. The summed E-state index contributed by atoms with van der Waals surface area (Å²) >= 11 is 5.90. The molecule has 0 fully saturated rings. The van der Waals surface area contributed by atoms with Crippen molar-refractivity contribution in [1.29, 1.82) is 0 Å². The number of sulfonamides is 1. The van der Waals surface area contributed by atoms with Crippen molar-refractivity contribution in [2.45, 2.75) is 11.8 Å². The number of hydrogen-bond donors (Lipinski definition) is 2. The number of para-hydroxylation sites is 1. The number of amides is 1. The molecule has 0 aliphatic rings. The molecule has 0 heterocycles. The summed E-state index contributed by atoms with van der Waals surface area (Å²) in [4.78, 5) is 11.7. The summed E-state index contributed by atoms with van der Waals surface area (Å²) in [5.41, 5.74) is 0.639. The van der Waals surface area contributed by atoms with Gasteiger partial charge in [-0.05, 0) is 42.8 Å². The standard InChI is InChI=1S/C15H14ClFN2O3S/c1-10-8-11(17)6-7-14(10)23(21,22)18-9-15(20)19-13-5-3-2-4-12(13)16/h2-8,18H,9H2,1H3,(H,19,20). The molecule has 0 saturated carbocycles. The number of carbonyl (C=O) groups is 1. The summed E-state index contributed by atoms with van der Waals surface area (Å²) in [6.07, 6.45) is 0. The zero-order valence-corrected chi connectivity index (χ0v) is 13.7. The molecule has 0 radical (unpaired) electrons. The van der Waals surface area contributed by atoms with Crippen molar-refractivity contribution in [2.24, 2.45) is 0 Å². The first kappa shape index (κ1) is 17.4. The normalized spacial score (nSPS) is 11.3. The fraction of sp³-hybridized carbons (Fsp3) is 0.133. The minimum absolute atomic E-state index is 0.0792. The van der Waals surface area contributed by atoms with Gasteiger partial charge in [-0.3, -0.25) is 4.79 Å². The average Bonchev–Trinajstić information content (AvgIpc) is 2.47.